The SMILES string of the molecule is C=C1/C=C(/C(=O)CNc2c(F)ccc(C3=CC(=Nc4cc(C5CC5)[nH]n4)/C(=C/CC)NN3)c2F)CCCCCCC1. The fraction of sp³-hybridized carbons (Fsp3) is 0.406. The molecule has 1 aliphatic heterocycles. The lowest BCUT2D eigenvalue weighted by molar-refractivity contribution is -0.114. The van der Waals surface area contributed by atoms with Crippen molar-refractivity contribution in [3.05, 3.63) is 82.7 Å². The second-order valence-corrected chi connectivity index (χ2v) is 10.9. The van der Waals surface area contributed by atoms with Crippen molar-refractivity contribution in [2.24, 2.45) is 4.99 Å². The number of aromatic nitrogens is 2. The first kappa shape index (κ1) is 28.5. The average Bonchev–Trinajstić information content (AvgIpc) is 3.71. The number of benzene rings is 1. The lowest BCUT2D eigenvalue weighted by Gasteiger charge is -2.23. The summed E-state index contributed by atoms with van der Waals surface area (Å²) in [5.41, 5.74) is 10.2. The van der Waals surface area contributed by atoms with Crippen molar-refractivity contribution < 1.29 is 13.6 Å². The maximum Gasteiger partial charge on any atom is 0.177 e. The van der Waals surface area contributed by atoms with Gasteiger partial charge in [-0.2, -0.15) is 5.10 Å². The number of carbonyl (C=O) groups is 1. The monoisotopic (exact) mass is 560 g/mol. The molecule has 1 aromatic carbocycles. The van der Waals surface area contributed by atoms with E-state index in [0.29, 0.717) is 35.1 Å². The maximum atomic E-state index is 15.8. The van der Waals surface area contributed by atoms with Gasteiger partial charge in [0.1, 0.15) is 11.5 Å². The molecule has 1 fully saturated rings. The van der Waals surface area contributed by atoms with Gasteiger partial charge in [0.15, 0.2) is 17.4 Å². The number of Topliss-reactive ketones (excluding diaryl/α,β-unsaturated/α-hetero) is 1. The minimum Gasteiger partial charge on any atom is -0.373 e. The van der Waals surface area contributed by atoms with Gasteiger partial charge in [-0.25, -0.2) is 13.8 Å². The van der Waals surface area contributed by atoms with Crippen LogP contribution in [0.1, 0.15) is 88.3 Å². The van der Waals surface area contributed by atoms with E-state index in [0.717, 1.165) is 68.3 Å². The lowest BCUT2D eigenvalue weighted by Crippen LogP contribution is -2.37. The zero-order valence-corrected chi connectivity index (χ0v) is 23.6. The van der Waals surface area contributed by atoms with E-state index in [-0.39, 0.29) is 23.6 Å². The van der Waals surface area contributed by atoms with E-state index in [1.807, 2.05) is 25.1 Å². The highest BCUT2D eigenvalue weighted by molar-refractivity contribution is 6.13. The van der Waals surface area contributed by atoms with Crippen LogP contribution in [0.3, 0.4) is 0 Å². The van der Waals surface area contributed by atoms with Gasteiger partial charge in [0.05, 0.1) is 23.7 Å². The summed E-state index contributed by atoms with van der Waals surface area (Å²) in [7, 11) is 0. The molecule has 41 heavy (non-hydrogen) atoms. The van der Waals surface area contributed by atoms with E-state index in [2.05, 4.69) is 32.9 Å². The first-order valence-corrected chi connectivity index (χ1v) is 14.6. The van der Waals surface area contributed by atoms with Gasteiger partial charge in [-0.3, -0.25) is 15.3 Å². The van der Waals surface area contributed by atoms with Crippen molar-refractivity contribution in [3.63, 3.8) is 0 Å². The first-order chi connectivity index (χ1) is 19.9. The van der Waals surface area contributed by atoms with Crippen molar-refractivity contribution in [1.29, 1.82) is 0 Å². The summed E-state index contributed by atoms with van der Waals surface area (Å²) in [5, 5.41) is 10.1. The Morgan fingerprint density at radius 3 is 2.68 bits per heavy atom. The highest BCUT2D eigenvalue weighted by Gasteiger charge is 2.26. The molecule has 0 atom stereocenters. The maximum absolute atomic E-state index is 15.8. The number of anilines is 1. The van der Waals surface area contributed by atoms with Gasteiger partial charge in [-0.15, -0.1) is 0 Å². The molecule has 0 bridgehead atoms. The van der Waals surface area contributed by atoms with E-state index in [9.17, 15) is 9.18 Å². The van der Waals surface area contributed by atoms with Gasteiger partial charge in [-0.05, 0) is 68.7 Å². The van der Waals surface area contributed by atoms with Gasteiger partial charge in [-0.1, -0.05) is 50.5 Å². The molecule has 2 aromatic rings. The number of hydrogen-bond donors (Lipinski definition) is 4. The van der Waals surface area contributed by atoms with Gasteiger partial charge < -0.3 is 10.7 Å². The van der Waals surface area contributed by atoms with Crippen LogP contribution in [0, 0.1) is 11.6 Å². The topological polar surface area (TPSA) is 94.2 Å². The van der Waals surface area contributed by atoms with Crippen LogP contribution >= 0.6 is 0 Å². The molecule has 0 amide bonds. The highest BCUT2D eigenvalue weighted by Crippen LogP contribution is 2.40. The van der Waals surface area contributed by atoms with Crippen LogP contribution in [0.4, 0.5) is 20.3 Å². The van der Waals surface area contributed by atoms with Crippen molar-refractivity contribution >= 4 is 28.7 Å². The normalized spacial score (nSPS) is 21.5. The third-order valence-corrected chi connectivity index (χ3v) is 7.62. The van der Waals surface area contributed by atoms with E-state index in [4.69, 9.17) is 4.99 Å². The second kappa shape index (κ2) is 13.1. The molecule has 0 spiro atoms. The number of carbonyl (C=O) groups excluding carboxylic acids is 1. The minimum atomic E-state index is -0.791. The van der Waals surface area contributed by atoms with E-state index >= 15 is 4.39 Å². The Bertz CT molecular complexity index is 1430. The number of ketones is 1. The van der Waals surface area contributed by atoms with Gasteiger partial charge >= 0.3 is 0 Å². The fourth-order valence-electron chi connectivity index (χ4n) is 5.17. The van der Waals surface area contributed by atoms with Gasteiger partial charge in [0.2, 0.25) is 0 Å². The molecule has 0 saturated heterocycles. The van der Waals surface area contributed by atoms with Crippen LogP contribution in [0.5, 0.6) is 0 Å². The second-order valence-electron chi connectivity index (χ2n) is 10.9. The third kappa shape index (κ3) is 7.20. The molecule has 0 radical (unpaired) electrons. The molecular formula is C32H38F2N6O. The summed E-state index contributed by atoms with van der Waals surface area (Å²) < 4.78 is 30.6. The first-order valence-electron chi connectivity index (χ1n) is 14.6. The average molecular weight is 561 g/mol. The number of allylic oxidation sites excluding steroid dienone is 4. The fourth-order valence-corrected chi connectivity index (χ4v) is 5.17. The number of aliphatic imine (C=N–C) groups is 1. The molecule has 7 nitrogen and oxygen atoms in total. The number of hydrogen-bond acceptors (Lipinski definition) is 6. The summed E-state index contributed by atoms with van der Waals surface area (Å²) in [6, 6.07) is 4.51. The highest BCUT2D eigenvalue weighted by atomic mass is 19.1. The summed E-state index contributed by atoms with van der Waals surface area (Å²) in [6.07, 6.45) is 15.4. The number of hydrazine groups is 1. The summed E-state index contributed by atoms with van der Waals surface area (Å²) >= 11 is 0. The van der Waals surface area contributed by atoms with E-state index in [1.54, 1.807) is 6.08 Å². The van der Waals surface area contributed by atoms with Crippen LogP contribution in [-0.2, 0) is 4.79 Å². The van der Waals surface area contributed by atoms with Crippen molar-refractivity contribution in [2.45, 2.75) is 77.0 Å². The number of H-pyrrole nitrogens is 1. The molecule has 1 aromatic heterocycles. The number of nitrogens with zero attached hydrogens (tertiary/aromatic N) is 2. The van der Waals surface area contributed by atoms with Crippen molar-refractivity contribution in [2.75, 3.05) is 11.9 Å². The number of halogens is 2. The van der Waals surface area contributed by atoms with Crippen LogP contribution in [-0.4, -0.2) is 28.2 Å². The smallest absolute Gasteiger partial charge is 0.177 e. The zero-order chi connectivity index (χ0) is 28.8. The summed E-state index contributed by atoms with van der Waals surface area (Å²) in [4.78, 5) is 17.8. The Hall–Kier alpha value is -4.01. The van der Waals surface area contributed by atoms with E-state index < -0.39 is 11.6 Å². The molecule has 9 heteroatoms. The van der Waals surface area contributed by atoms with Crippen LogP contribution < -0.4 is 16.2 Å². The Morgan fingerprint density at radius 2 is 1.90 bits per heavy atom. The Balaban J connectivity index is 1.37. The largest absolute Gasteiger partial charge is 0.373 e. The third-order valence-electron chi connectivity index (χ3n) is 7.62. The van der Waals surface area contributed by atoms with E-state index in [1.165, 1.54) is 18.6 Å². The molecule has 1 saturated carbocycles. The predicted molar refractivity (Wildman–Crippen MR) is 160 cm³/mol. The molecule has 2 aliphatic carbocycles. The molecule has 5 rings (SSSR count). The van der Waals surface area contributed by atoms with Gasteiger partial charge in [0.25, 0.3) is 0 Å². The van der Waals surface area contributed by atoms with Crippen molar-refractivity contribution in [3.8, 4) is 0 Å². The van der Waals surface area contributed by atoms with Crippen molar-refractivity contribution in [1.82, 2.24) is 21.0 Å². The molecule has 4 N–H and O–H groups in total. The summed E-state index contributed by atoms with van der Waals surface area (Å²) in [5.74, 6) is -0.679. The summed E-state index contributed by atoms with van der Waals surface area (Å²) in [6.45, 7) is 5.88. The number of nitrogens with one attached hydrogen (secondary N) is 4. The van der Waals surface area contributed by atoms with Crippen LogP contribution in [0.15, 0.2) is 64.8 Å². The molecule has 3 aliphatic rings. The molecular weight excluding hydrogens is 522 g/mol. The Kier molecular flexibility index (Phi) is 9.11. The standard InChI is InChI=1S/C32H38F2N6O/c1-3-9-25-28(36-30-18-26(38-40-30)21-12-13-21)17-27(39-37-25)23-14-15-24(33)32(31(23)34)35-19-29(41)22-11-8-6-4-5-7-10-20(2)16-22/h9,14-18,21,35,37,39H,2-8,10-13,19H2,1H3,(H,38,40)/b22-16+,25-9-,36-28?. The minimum absolute atomic E-state index is 0.143. The zero-order valence-electron chi connectivity index (χ0n) is 23.6. The molecule has 216 valence electrons. The molecule has 0 unspecified atom stereocenters. The lowest BCUT2D eigenvalue weighted by atomic mass is 9.96. The Morgan fingerprint density at radius 1 is 1.12 bits per heavy atom. The predicted octanol–water partition coefficient (Wildman–Crippen LogP) is 7.29. The van der Waals surface area contributed by atoms with Gasteiger partial charge in [0, 0.05) is 23.2 Å². The Labute approximate surface area is 240 Å². The number of rotatable bonds is 8. The number of aromatic amines is 1. The van der Waals surface area contributed by atoms with Crippen LogP contribution in [0.2, 0.25) is 0 Å². The molecule has 2 heterocycles. The quantitative estimate of drug-likeness (QED) is 0.272. The van der Waals surface area contributed by atoms with Crippen LogP contribution in [0.25, 0.3) is 5.70 Å².